The van der Waals surface area contributed by atoms with Gasteiger partial charge in [-0.05, 0) is 23.6 Å². The molecule has 0 saturated carbocycles. The summed E-state index contributed by atoms with van der Waals surface area (Å²) in [7, 11) is 1.32. The molecule has 29 heavy (non-hydrogen) atoms. The number of ether oxygens (including phenoxy) is 1. The standard InChI is InChI=1S/C20H24Cl2N4O3/c1-4-11(2)16(19(27)29-3)25-20(28)26-8-7-15-17(24-10-23-15)18(26)13-6-5-12(21)9-14(13)22/h5-6,9-11,16,18H,4,7-8H2,1-3H3,(H,23,24)(H,25,28)/t11-,16+,18+/m1/s1. The molecule has 0 radical (unpaired) electrons. The highest BCUT2D eigenvalue weighted by Crippen LogP contribution is 2.37. The number of aromatic nitrogens is 2. The summed E-state index contributed by atoms with van der Waals surface area (Å²) in [6, 6.07) is 3.57. The van der Waals surface area contributed by atoms with Crippen LogP contribution in [-0.2, 0) is 16.0 Å². The quantitative estimate of drug-likeness (QED) is 0.691. The molecular weight excluding hydrogens is 415 g/mol. The summed E-state index contributed by atoms with van der Waals surface area (Å²) in [6.45, 7) is 4.30. The number of carbonyl (C=O) groups excluding carboxylic acids is 2. The van der Waals surface area contributed by atoms with Crippen LogP contribution < -0.4 is 5.32 Å². The van der Waals surface area contributed by atoms with Crippen LogP contribution in [0.5, 0.6) is 0 Å². The Labute approximate surface area is 179 Å². The third-order valence-electron chi connectivity index (χ3n) is 5.39. The number of hydrogen-bond donors (Lipinski definition) is 2. The second kappa shape index (κ2) is 9.05. The third kappa shape index (κ3) is 4.36. The molecule has 156 valence electrons. The lowest BCUT2D eigenvalue weighted by molar-refractivity contribution is -0.144. The summed E-state index contributed by atoms with van der Waals surface area (Å²) >= 11 is 12.5. The van der Waals surface area contributed by atoms with Crippen LogP contribution in [0.1, 0.15) is 43.3 Å². The second-order valence-corrected chi connectivity index (χ2v) is 7.96. The van der Waals surface area contributed by atoms with E-state index in [4.69, 9.17) is 27.9 Å². The minimum Gasteiger partial charge on any atom is -0.467 e. The van der Waals surface area contributed by atoms with Crippen molar-refractivity contribution < 1.29 is 14.3 Å². The average Bonchev–Trinajstić information content (AvgIpc) is 3.19. The zero-order valence-electron chi connectivity index (χ0n) is 16.5. The molecule has 7 nitrogen and oxygen atoms in total. The Bertz CT molecular complexity index is 902. The zero-order chi connectivity index (χ0) is 21.1. The van der Waals surface area contributed by atoms with Gasteiger partial charge in [-0.25, -0.2) is 14.6 Å². The lowest BCUT2D eigenvalue weighted by atomic mass is 9.95. The maximum Gasteiger partial charge on any atom is 0.328 e. The summed E-state index contributed by atoms with van der Waals surface area (Å²) in [5.41, 5.74) is 2.41. The number of imidazole rings is 1. The topological polar surface area (TPSA) is 87.3 Å². The van der Waals surface area contributed by atoms with Gasteiger partial charge >= 0.3 is 12.0 Å². The van der Waals surface area contributed by atoms with E-state index < -0.39 is 18.1 Å². The van der Waals surface area contributed by atoms with E-state index in [1.165, 1.54) is 7.11 Å². The molecule has 3 rings (SSSR count). The molecule has 0 spiro atoms. The maximum absolute atomic E-state index is 13.2. The molecule has 2 amide bonds. The van der Waals surface area contributed by atoms with Gasteiger partial charge in [-0.15, -0.1) is 0 Å². The molecule has 2 heterocycles. The number of halogens is 2. The van der Waals surface area contributed by atoms with Crippen molar-refractivity contribution in [3.05, 3.63) is 51.5 Å². The van der Waals surface area contributed by atoms with Gasteiger partial charge in [0.05, 0.1) is 19.1 Å². The molecule has 1 aromatic carbocycles. The van der Waals surface area contributed by atoms with Crippen molar-refractivity contribution in [1.29, 1.82) is 0 Å². The SMILES string of the molecule is CC[C@@H](C)[C@H](NC(=O)N1CCc2[nH]cnc2[C@@H]1c1ccc(Cl)cc1Cl)C(=O)OC. The fourth-order valence-electron chi connectivity index (χ4n) is 3.55. The smallest absolute Gasteiger partial charge is 0.328 e. The van der Waals surface area contributed by atoms with Gasteiger partial charge in [-0.2, -0.15) is 0 Å². The van der Waals surface area contributed by atoms with Gasteiger partial charge in [0.25, 0.3) is 0 Å². The average molecular weight is 439 g/mol. The fourth-order valence-corrected chi connectivity index (χ4v) is 4.06. The highest BCUT2D eigenvalue weighted by Gasteiger charge is 2.37. The fraction of sp³-hybridized carbons (Fsp3) is 0.450. The van der Waals surface area contributed by atoms with E-state index in [1.807, 2.05) is 13.8 Å². The number of methoxy groups -OCH3 is 1. The maximum atomic E-state index is 13.2. The number of nitrogens with zero attached hydrogens (tertiary/aromatic N) is 2. The van der Waals surface area contributed by atoms with Crippen LogP contribution >= 0.6 is 23.2 Å². The van der Waals surface area contributed by atoms with Crippen molar-refractivity contribution in [3.8, 4) is 0 Å². The van der Waals surface area contributed by atoms with E-state index in [2.05, 4.69) is 15.3 Å². The van der Waals surface area contributed by atoms with Gasteiger partial charge in [0.1, 0.15) is 12.1 Å². The lowest BCUT2D eigenvalue weighted by Gasteiger charge is -2.37. The predicted octanol–water partition coefficient (Wildman–Crippen LogP) is 3.96. The minimum atomic E-state index is -0.737. The number of benzene rings is 1. The van der Waals surface area contributed by atoms with E-state index in [-0.39, 0.29) is 11.9 Å². The largest absolute Gasteiger partial charge is 0.467 e. The third-order valence-corrected chi connectivity index (χ3v) is 5.95. The molecule has 0 saturated heterocycles. The highest BCUT2D eigenvalue weighted by atomic mass is 35.5. The number of fused-ring (bicyclic) bond motifs is 1. The van der Waals surface area contributed by atoms with Gasteiger partial charge in [0.2, 0.25) is 0 Å². The number of esters is 1. The van der Waals surface area contributed by atoms with Crippen molar-refractivity contribution in [2.75, 3.05) is 13.7 Å². The Hall–Kier alpha value is -2.25. The van der Waals surface area contributed by atoms with Crippen LogP contribution in [0.15, 0.2) is 24.5 Å². The van der Waals surface area contributed by atoms with E-state index in [1.54, 1.807) is 29.4 Å². The second-order valence-electron chi connectivity index (χ2n) is 7.11. The van der Waals surface area contributed by atoms with Crippen molar-refractivity contribution in [2.24, 2.45) is 5.92 Å². The number of H-pyrrole nitrogens is 1. The molecule has 0 aliphatic carbocycles. The van der Waals surface area contributed by atoms with E-state index in [0.717, 1.165) is 23.4 Å². The predicted molar refractivity (Wildman–Crippen MR) is 111 cm³/mol. The number of amides is 2. The first-order valence-corrected chi connectivity index (χ1v) is 10.2. The van der Waals surface area contributed by atoms with Crippen LogP contribution in [0.25, 0.3) is 0 Å². The number of rotatable bonds is 5. The van der Waals surface area contributed by atoms with Gasteiger partial charge in [0, 0.05) is 28.7 Å². The van der Waals surface area contributed by atoms with Crippen molar-refractivity contribution in [3.63, 3.8) is 0 Å². The zero-order valence-corrected chi connectivity index (χ0v) is 18.0. The summed E-state index contributed by atoms with van der Waals surface area (Å²) in [6.07, 6.45) is 2.95. The summed E-state index contributed by atoms with van der Waals surface area (Å²) in [4.78, 5) is 34.7. The molecule has 9 heteroatoms. The monoisotopic (exact) mass is 438 g/mol. The molecule has 0 bridgehead atoms. The van der Waals surface area contributed by atoms with Crippen LogP contribution in [0.3, 0.4) is 0 Å². The van der Waals surface area contributed by atoms with Crippen LogP contribution in [0.4, 0.5) is 4.79 Å². The molecule has 1 aromatic heterocycles. The minimum absolute atomic E-state index is 0.0743. The first-order chi connectivity index (χ1) is 13.9. The normalized spacial score (nSPS) is 18.0. The van der Waals surface area contributed by atoms with Crippen LogP contribution in [0, 0.1) is 5.92 Å². The van der Waals surface area contributed by atoms with Crippen molar-refractivity contribution in [1.82, 2.24) is 20.2 Å². The molecular formula is C20H24Cl2N4O3. The van der Waals surface area contributed by atoms with Crippen LogP contribution in [0.2, 0.25) is 10.0 Å². The molecule has 3 atom stereocenters. The Kier molecular flexibility index (Phi) is 6.70. The number of aromatic amines is 1. The Morgan fingerprint density at radius 3 is 2.83 bits per heavy atom. The van der Waals surface area contributed by atoms with Crippen molar-refractivity contribution in [2.45, 2.75) is 38.8 Å². The number of urea groups is 1. The van der Waals surface area contributed by atoms with Crippen LogP contribution in [-0.4, -0.2) is 46.6 Å². The summed E-state index contributed by atoms with van der Waals surface area (Å²) in [5, 5.41) is 3.80. The Morgan fingerprint density at radius 1 is 1.41 bits per heavy atom. The molecule has 1 aliphatic heterocycles. The first-order valence-electron chi connectivity index (χ1n) is 9.49. The first kappa shape index (κ1) is 21.5. The Morgan fingerprint density at radius 2 is 2.17 bits per heavy atom. The van der Waals surface area contributed by atoms with Gasteiger partial charge in [-0.1, -0.05) is 49.5 Å². The molecule has 2 aromatic rings. The van der Waals surface area contributed by atoms with Crippen molar-refractivity contribution >= 4 is 35.2 Å². The summed E-state index contributed by atoms with van der Waals surface area (Å²) < 4.78 is 4.89. The van der Waals surface area contributed by atoms with E-state index in [0.29, 0.717) is 23.0 Å². The number of hydrogen-bond acceptors (Lipinski definition) is 4. The molecule has 2 N–H and O–H groups in total. The molecule has 0 fully saturated rings. The summed E-state index contributed by atoms with van der Waals surface area (Å²) in [5.74, 6) is -0.541. The highest BCUT2D eigenvalue weighted by molar-refractivity contribution is 6.35. The van der Waals surface area contributed by atoms with E-state index >= 15 is 0 Å². The van der Waals surface area contributed by atoms with E-state index in [9.17, 15) is 9.59 Å². The molecule has 0 unspecified atom stereocenters. The van der Waals surface area contributed by atoms with Gasteiger partial charge in [-0.3, -0.25) is 0 Å². The Balaban J connectivity index is 1.96. The molecule has 1 aliphatic rings. The van der Waals surface area contributed by atoms with Gasteiger partial charge in [0.15, 0.2) is 0 Å². The number of carbonyl (C=O) groups is 2. The lowest BCUT2D eigenvalue weighted by Crippen LogP contribution is -2.53. The van der Waals surface area contributed by atoms with Gasteiger partial charge < -0.3 is 19.9 Å². The number of nitrogens with one attached hydrogen (secondary N) is 2.